The minimum atomic E-state index is -0.474. The molecule has 0 bridgehead atoms. The second-order valence-electron chi connectivity index (χ2n) is 2.57. The summed E-state index contributed by atoms with van der Waals surface area (Å²) in [4.78, 5) is 15.2. The van der Waals surface area contributed by atoms with Crippen molar-refractivity contribution in [3.05, 3.63) is 23.5 Å². The minimum absolute atomic E-state index is 0.298. The van der Waals surface area contributed by atoms with Gasteiger partial charge in [-0.3, -0.25) is 4.98 Å². The Morgan fingerprint density at radius 2 is 2.29 bits per heavy atom. The van der Waals surface area contributed by atoms with Crippen LogP contribution in [0, 0.1) is 0 Å². The number of nitrogens with two attached hydrogens (primary N) is 1. The van der Waals surface area contributed by atoms with E-state index in [1.165, 1.54) is 20.4 Å². The average molecular weight is 196 g/mol. The van der Waals surface area contributed by atoms with Crippen LogP contribution in [-0.2, 0) is 11.3 Å². The second kappa shape index (κ2) is 4.57. The van der Waals surface area contributed by atoms with Crippen molar-refractivity contribution in [3.8, 4) is 5.75 Å². The van der Waals surface area contributed by atoms with E-state index in [1.54, 1.807) is 6.07 Å². The summed E-state index contributed by atoms with van der Waals surface area (Å²) in [7, 11) is 2.78. The zero-order valence-corrected chi connectivity index (χ0v) is 8.11. The smallest absolute Gasteiger partial charge is 0.343 e. The van der Waals surface area contributed by atoms with E-state index in [2.05, 4.69) is 9.72 Å². The molecule has 0 fully saturated rings. The summed E-state index contributed by atoms with van der Waals surface area (Å²) in [6.45, 7) is 0.303. The highest BCUT2D eigenvalue weighted by atomic mass is 16.5. The molecule has 76 valence electrons. The number of hydrogen-bond donors (Lipinski definition) is 1. The van der Waals surface area contributed by atoms with E-state index in [9.17, 15) is 4.79 Å². The number of carbonyl (C=O) groups is 1. The van der Waals surface area contributed by atoms with Gasteiger partial charge < -0.3 is 15.2 Å². The molecule has 1 heterocycles. The average Bonchev–Trinajstić information content (AvgIpc) is 2.27. The number of carbonyl (C=O) groups excluding carboxylic acids is 1. The Morgan fingerprint density at radius 3 is 2.79 bits per heavy atom. The third kappa shape index (κ3) is 2.00. The summed E-state index contributed by atoms with van der Waals surface area (Å²) < 4.78 is 9.58. The Morgan fingerprint density at radius 1 is 1.57 bits per heavy atom. The lowest BCUT2D eigenvalue weighted by Gasteiger charge is -2.07. The van der Waals surface area contributed by atoms with Gasteiger partial charge in [0.1, 0.15) is 11.3 Å². The molecule has 0 saturated heterocycles. The first-order valence-electron chi connectivity index (χ1n) is 4.04. The number of aromatic nitrogens is 1. The fraction of sp³-hybridized carbons (Fsp3) is 0.333. The largest absolute Gasteiger partial charge is 0.496 e. The van der Waals surface area contributed by atoms with Crippen molar-refractivity contribution < 1.29 is 14.3 Å². The van der Waals surface area contributed by atoms with Gasteiger partial charge in [0.25, 0.3) is 0 Å². The number of ether oxygens (including phenoxy) is 2. The summed E-state index contributed by atoms with van der Waals surface area (Å²) in [5.41, 5.74) is 6.36. The molecule has 0 radical (unpaired) electrons. The van der Waals surface area contributed by atoms with Gasteiger partial charge in [-0.15, -0.1) is 0 Å². The van der Waals surface area contributed by atoms with Crippen molar-refractivity contribution in [3.63, 3.8) is 0 Å². The van der Waals surface area contributed by atoms with Gasteiger partial charge >= 0.3 is 5.97 Å². The number of rotatable bonds is 3. The number of methoxy groups -OCH3 is 2. The standard InChI is InChI=1S/C9H12N2O3/c1-13-8-3-6(4-10)11-5-7(8)9(12)14-2/h3,5H,4,10H2,1-2H3. The van der Waals surface area contributed by atoms with E-state index in [0.717, 1.165) is 0 Å². The molecule has 0 spiro atoms. The van der Waals surface area contributed by atoms with Crippen LogP contribution in [0.15, 0.2) is 12.3 Å². The molecule has 0 aliphatic carbocycles. The van der Waals surface area contributed by atoms with Crippen LogP contribution in [0.2, 0.25) is 0 Å². The highest BCUT2D eigenvalue weighted by molar-refractivity contribution is 5.92. The molecular weight excluding hydrogens is 184 g/mol. The molecule has 2 N–H and O–H groups in total. The lowest BCUT2D eigenvalue weighted by Crippen LogP contribution is -2.07. The fourth-order valence-electron chi connectivity index (χ4n) is 1.02. The molecule has 1 aromatic heterocycles. The molecule has 1 rings (SSSR count). The monoisotopic (exact) mass is 196 g/mol. The molecule has 0 aromatic carbocycles. The summed E-state index contributed by atoms with van der Waals surface area (Å²) >= 11 is 0. The Bertz CT molecular complexity index is 339. The van der Waals surface area contributed by atoms with Crippen LogP contribution in [0.3, 0.4) is 0 Å². The molecule has 5 heteroatoms. The highest BCUT2D eigenvalue weighted by Crippen LogP contribution is 2.18. The molecule has 1 aromatic rings. The first kappa shape index (κ1) is 10.5. The molecule has 0 saturated carbocycles. The van der Waals surface area contributed by atoms with Gasteiger partial charge in [0.2, 0.25) is 0 Å². The van der Waals surface area contributed by atoms with Crippen LogP contribution in [0.25, 0.3) is 0 Å². The Balaban J connectivity index is 3.11. The van der Waals surface area contributed by atoms with Crippen molar-refractivity contribution in [2.45, 2.75) is 6.54 Å². The third-order valence-corrected chi connectivity index (χ3v) is 1.76. The SMILES string of the molecule is COC(=O)c1cnc(CN)cc1OC. The van der Waals surface area contributed by atoms with Crippen molar-refractivity contribution in [1.82, 2.24) is 4.98 Å². The summed E-state index contributed by atoms with van der Waals surface area (Å²) in [5, 5.41) is 0. The minimum Gasteiger partial charge on any atom is -0.496 e. The van der Waals surface area contributed by atoms with Crippen molar-refractivity contribution in [2.75, 3.05) is 14.2 Å². The third-order valence-electron chi connectivity index (χ3n) is 1.76. The van der Waals surface area contributed by atoms with E-state index in [0.29, 0.717) is 23.6 Å². The molecule has 14 heavy (non-hydrogen) atoms. The maximum Gasteiger partial charge on any atom is 0.343 e. The Hall–Kier alpha value is -1.62. The first-order chi connectivity index (χ1) is 6.72. The van der Waals surface area contributed by atoms with Crippen LogP contribution in [-0.4, -0.2) is 25.2 Å². The molecule has 0 amide bonds. The van der Waals surface area contributed by atoms with Gasteiger partial charge in [-0.1, -0.05) is 0 Å². The number of esters is 1. The predicted molar refractivity (Wildman–Crippen MR) is 50.0 cm³/mol. The maximum absolute atomic E-state index is 11.2. The summed E-state index contributed by atoms with van der Waals surface area (Å²) in [5.74, 6) is -0.0507. The van der Waals surface area contributed by atoms with Gasteiger partial charge in [-0.25, -0.2) is 4.79 Å². The predicted octanol–water partition coefficient (Wildman–Crippen LogP) is 0.335. The van der Waals surface area contributed by atoms with Crippen molar-refractivity contribution >= 4 is 5.97 Å². The van der Waals surface area contributed by atoms with Crippen LogP contribution in [0.1, 0.15) is 16.1 Å². The molecule has 5 nitrogen and oxygen atoms in total. The number of nitrogens with zero attached hydrogens (tertiary/aromatic N) is 1. The highest BCUT2D eigenvalue weighted by Gasteiger charge is 2.13. The van der Waals surface area contributed by atoms with E-state index in [-0.39, 0.29) is 0 Å². The molecule has 0 aliphatic rings. The zero-order valence-electron chi connectivity index (χ0n) is 8.11. The molecule has 0 unspecified atom stereocenters. The van der Waals surface area contributed by atoms with E-state index in [1.807, 2.05) is 0 Å². The van der Waals surface area contributed by atoms with Gasteiger partial charge in [0, 0.05) is 18.8 Å². The normalized spacial score (nSPS) is 9.64. The van der Waals surface area contributed by atoms with Gasteiger partial charge in [-0.2, -0.15) is 0 Å². The maximum atomic E-state index is 11.2. The van der Waals surface area contributed by atoms with Crippen LogP contribution in [0.4, 0.5) is 0 Å². The van der Waals surface area contributed by atoms with E-state index in [4.69, 9.17) is 10.5 Å². The molecular formula is C9H12N2O3. The second-order valence-corrected chi connectivity index (χ2v) is 2.57. The van der Waals surface area contributed by atoms with Crippen LogP contribution < -0.4 is 10.5 Å². The van der Waals surface area contributed by atoms with Gasteiger partial charge in [-0.05, 0) is 0 Å². The lowest BCUT2D eigenvalue weighted by atomic mass is 10.2. The zero-order chi connectivity index (χ0) is 10.6. The molecule has 0 aliphatic heterocycles. The molecule has 0 atom stereocenters. The van der Waals surface area contributed by atoms with Crippen LogP contribution in [0.5, 0.6) is 5.75 Å². The number of pyridine rings is 1. The summed E-state index contributed by atoms with van der Waals surface area (Å²) in [6.07, 6.45) is 1.40. The topological polar surface area (TPSA) is 74.4 Å². The van der Waals surface area contributed by atoms with Crippen molar-refractivity contribution in [2.24, 2.45) is 5.73 Å². The number of hydrogen-bond acceptors (Lipinski definition) is 5. The first-order valence-corrected chi connectivity index (χ1v) is 4.04. The summed E-state index contributed by atoms with van der Waals surface area (Å²) in [6, 6.07) is 1.62. The van der Waals surface area contributed by atoms with Crippen LogP contribution >= 0.6 is 0 Å². The van der Waals surface area contributed by atoms with Gasteiger partial charge in [0.15, 0.2) is 0 Å². The van der Waals surface area contributed by atoms with Crippen molar-refractivity contribution in [1.29, 1.82) is 0 Å². The van der Waals surface area contributed by atoms with Gasteiger partial charge in [0.05, 0.1) is 19.9 Å². The van der Waals surface area contributed by atoms with E-state index < -0.39 is 5.97 Å². The lowest BCUT2D eigenvalue weighted by molar-refractivity contribution is 0.0596. The Labute approximate surface area is 81.8 Å². The fourth-order valence-corrected chi connectivity index (χ4v) is 1.02. The Kier molecular flexibility index (Phi) is 3.41. The van der Waals surface area contributed by atoms with E-state index >= 15 is 0 Å². The quantitative estimate of drug-likeness (QED) is 0.705.